The molecule has 110 valence electrons. The molecule has 2 heterocycles. The van der Waals surface area contributed by atoms with Crippen molar-refractivity contribution in [2.45, 2.75) is 38.6 Å². The van der Waals surface area contributed by atoms with Gasteiger partial charge in [0.25, 0.3) is 0 Å². The highest BCUT2D eigenvalue weighted by molar-refractivity contribution is 7.73. The van der Waals surface area contributed by atoms with Crippen molar-refractivity contribution in [3.8, 4) is 0 Å². The Morgan fingerprint density at radius 1 is 1.50 bits per heavy atom. The lowest BCUT2D eigenvalue weighted by Gasteiger charge is -2.25. The Hall–Kier alpha value is -0.720. The quantitative estimate of drug-likeness (QED) is 0.850. The number of carbonyl (C=O) groups excluding carboxylic acids is 1. The van der Waals surface area contributed by atoms with Crippen LogP contribution in [0.2, 0.25) is 0 Å². The third-order valence-electron chi connectivity index (χ3n) is 4.02. The average Bonchev–Trinajstić information content (AvgIpc) is 3.01. The predicted octanol–water partition coefficient (Wildman–Crippen LogP) is 2.68. The number of amides is 1. The topological polar surface area (TPSA) is 45.3 Å². The summed E-state index contributed by atoms with van der Waals surface area (Å²) in [6.45, 7) is 4.49. The van der Waals surface area contributed by atoms with Crippen LogP contribution in [0.25, 0.3) is 0 Å². The molecule has 0 radical (unpaired) electrons. The minimum absolute atomic E-state index is 0.243. The second kappa shape index (κ2) is 5.95. The number of nitrogens with zero attached hydrogens (tertiary/aromatic N) is 1. The van der Waals surface area contributed by atoms with Crippen LogP contribution in [0.5, 0.6) is 0 Å². The van der Waals surface area contributed by atoms with Crippen LogP contribution in [0, 0.1) is 16.8 Å². The number of H-pyrrole nitrogens is 1. The average molecular weight is 312 g/mol. The van der Waals surface area contributed by atoms with Crippen LogP contribution >= 0.6 is 23.6 Å². The Balaban J connectivity index is 1.66. The van der Waals surface area contributed by atoms with E-state index in [4.69, 9.17) is 17.0 Å². The number of ether oxygens (including phenoxy) is 1. The van der Waals surface area contributed by atoms with Gasteiger partial charge in [0, 0.05) is 35.7 Å². The number of nitrogens with one attached hydrogen (secondary N) is 1. The van der Waals surface area contributed by atoms with Gasteiger partial charge in [-0.2, -0.15) is 0 Å². The summed E-state index contributed by atoms with van der Waals surface area (Å²) >= 11 is 6.66. The number of aromatic nitrogens is 1. The molecule has 3 rings (SSSR count). The first-order valence-electron chi connectivity index (χ1n) is 7.19. The fraction of sp³-hybridized carbons (Fsp3) is 0.714. The van der Waals surface area contributed by atoms with E-state index >= 15 is 0 Å². The summed E-state index contributed by atoms with van der Waals surface area (Å²) in [5.74, 6) is 0.762. The molecule has 1 saturated heterocycles. The van der Waals surface area contributed by atoms with Crippen molar-refractivity contribution in [3.63, 3.8) is 0 Å². The number of aromatic amines is 1. The largest absolute Gasteiger partial charge is 0.381 e. The molecule has 1 aromatic rings. The molecule has 1 aliphatic carbocycles. The van der Waals surface area contributed by atoms with Gasteiger partial charge in [-0.05, 0) is 38.4 Å². The van der Waals surface area contributed by atoms with Crippen molar-refractivity contribution < 1.29 is 9.53 Å². The first-order chi connectivity index (χ1) is 9.63. The third-order valence-corrected chi connectivity index (χ3v) is 5.36. The van der Waals surface area contributed by atoms with E-state index < -0.39 is 0 Å². The minimum atomic E-state index is 0.243. The van der Waals surface area contributed by atoms with Crippen LogP contribution in [-0.2, 0) is 16.0 Å². The van der Waals surface area contributed by atoms with Gasteiger partial charge in [0.15, 0.2) is 3.95 Å². The molecule has 1 atom stereocenters. The molecular formula is C14H20N2O2S2. The summed E-state index contributed by atoms with van der Waals surface area (Å²) < 4.78 is 6.18. The maximum Gasteiger partial charge on any atom is 0.228 e. The smallest absolute Gasteiger partial charge is 0.228 e. The van der Waals surface area contributed by atoms with Crippen molar-refractivity contribution in [1.82, 2.24) is 9.88 Å². The standard InChI is InChI=1S/C14H20N2O2S2/c1-9-12(20-14(19)15-9)6-13(17)16(11-2-3-11)7-10-4-5-18-8-10/h10-11H,2-8H2,1H3,(H,15,19)/t10-/m0/s1. The third kappa shape index (κ3) is 3.30. The van der Waals surface area contributed by atoms with Gasteiger partial charge in [-0.3, -0.25) is 4.79 Å². The molecule has 2 aliphatic rings. The molecule has 1 aromatic heterocycles. The SMILES string of the molecule is Cc1[nH]c(=S)sc1CC(=O)N(C[C@@H]1CCOC1)C1CC1. The number of rotatable bonds is 5. The van der Waals surface area contributed by atoms with E-state index in [9.17, 15) is 4.79 Å². The van der Waals surface area contributed by atoms with Gasteiger partial charge in [-0.1, -0.05) is 0 Å². The van der Waals surface area contributed by atoms with Gasteiger partial charge < -0.3 is 14.6 Å². The number of carbonyl (C=O) groups is 1. The van der Waals surface area contributed by atoms with Crippen molar-refractivity contribution in [2.24, 2.45) is 5.92 Å². The Morgan fingerprint density at radius 2 is 2.30 bits per heavy atom. The zero-order valence-electron chi connectivity index (χ0n) is 11.7. The fourth-order valence-corrected chi connectivity index (χ4v) is 3.97. The van der Waals surface area contributed by atoms with Crippen LogP contribution in [0.3, 0.4) is 0 Å². The molecule has 0 aromatic carbocycles. The van der Waals surface area contributed by atoms with E-state index in [-0.39, 0.29) is 5.91 Å². The van der Waals surface area contributed by atoms with Gasteiger partial charge in [-0.15, -0.1) is 11.3 Å². The lowest BCUT2D eigenvalue weighted by molar-refractivity contribution is -0.131. The monoisotopic (exact) mass is 312 g/mol. The summed E-state index contributed by atoms with van der Waals surface area (Å²) in [5.41, 5.74) is 1.04. The number of aryl methyl sites for hydroxylation is 1. The highest BCUT2D eigenvalue weighted by Crippen LogP contribution is 2.30. The van der Waals surface area contributed by atoms with E-state index in [0.717, 1.165) is 53.5 Å². The molecule has 1 saturated carbocycles. The van der Waals surface area contributed by atoms with E-state index in [1.54, 1.807) is 0 Å². The van der Waals surface area contributed by atoms with Crippen LogP contribution in [0.15, 0.2) is 0 Å². The van der Waals surface area contributed by atoms with E-state index in [2.05, 4.69) is 9.88 Å². The maximum atomic E-state index is 12.6. The van der Waals surface area contributed by atoms with E-state index in [1.807, 2.05) is 6.92 Å². The van der Waals surface area contributed by atoms with E-state index in [1.165, 1.54) is 11.3 Å². The highest BCUT2D eigenvalue weighted by atomic mass is 32.1. The van der Waals surface area contributed by atoms with Gasteiger partial charge in [0.05, 0.1) is 13.0 Å². The van der Waals surface area contributed by atoms with Gasteiger partial charge in [0.2, 0.25) is 5.91 Å². The predicted molar refractivity (Wildman–Crippen MR) is 81.6 cm³/mol. The van der Waals surface area contributed by atoms with Crippen molar-refractivity contribution in [3.05, 3.63) is 14.5 Å². The molecule has 2 fully saturated rings. The van der Waals surface area contributed by atoms with Crippen LogP contribution < -0.4 is 0 Å². The molecule has 0 spiro atoms. The molecule has 0 bridgehead atoms. The highest BCUT2D eigenvalue weighted by Gasteiger charge is 2.34. The van der Waals surface area contributed by atoms with Gasteiger partial charge >= 0.3 is 0 Å². The molecule has 1 aliphatic heterocycles. The Bertz CT molecular complexity index is 542. The molecule has 1 amide bonds. The summed E-state index contributed by atoms with van der Waals surface area (Å²) in [6.07, 6.45) is 3.87. The Kier molecular flexibility index (Phi) is 4.23. The Labute approximate surface area is 128 Å². The molecule has 4 nitrogen and oxygen atoms in total. The fourth-order valence-electron chi connectivity index (χ4n) is 2.69. The number of hydrogen-bond donors (Lipinski definition) is 1. The Morgan fingerprint density at radius 3 is 2.85 bits per heavy atom. The lowest BCUT2D eigenvalue weighted by Crippen LogP contribution is -2.38. The van der Waals surface area contributed by atoms with Crippen LogP contribution in [0.1, 0.15) is 29.8 Å². The first kappa shape index (κ1) is 14.2. The zero-order chi connectivity index (χ0) is 14.1. The van der Waals surface area contributed by atoms with E-state index in [0.29, 0.717) is 18.4 Å². The zero-order valence-corrected chi connectivity index (χ0v) is 13.3. The lowest BCUT2D eigenvalue weighted by atomic mass is 10.1. The van der Waals surface area contributed by atoms with Crippen LogP contribution in [-0.4, -0.2) is 41.6 Å². The van der Waals surface area contributed by atoms with Gasteiger partial charge in [-0.25, -0.2) is 0 Å². The second-order valence-corrected chi connectivity index (χ2v) is 7.52. The summed E-state index contributed by atoms with van der Waals surface area (Å²) in [7, 11) is 0. The molecule has 0 unspecified atom stereocenters. The second-order valence-electron chi connectivity index (χ2n) is 5.75. The number of hydrogen-bond acceptors (Lipinski definition) is 4. The van der Waals surface area contributed by atoms with Crippen molar-refractivity contribution >= 4 is 29.5 Å². The summed E-state index contributed by atoms with van der Waals surface area (Å²) in [4.78, 5) is 18.9. The molecule has 1 N–H and O–H groups in total. The minimum Gasteiger partial charge on any atom is -0.381 e. The number of thiazole rings is 1. The summed E-state index contributed by atoms with van der Waals surface area (Å²) in [6, 6.07) is 0.468. The molecule has 6 heteroatoms. The normalized spacial score (nSPS) is 22.1. The maximum absolute atomic E-state index is 12.6. The first-order valence-corrected chi connectivity index (χ1v) is 8.41. The van der Waals surface area contributed by atoms with Crippen molar-refractivity contribution in [2.75, 3.05) is 19.8 Å². The van der Waals surface area contributed by atoms with Crippen molar-refractivity contribution in [1.29, 1.82) is 0 Å². The van der Waals surface area contributed by atoms with Crippen LogP contribution in [0.4, 0.5) is 0 Å². The molecule has 20 heavy (non-hydrogen) atoms. The summed E-state index contributed by atoms with van der Waals surface area (Å²) in [5, 5.41) is 0. The van der Waals surface area contributed by atoms with Gasteiger partial charge in [0.1, 0.15) is 0 Å². The molecular weight excluding hydrogens is 292 g/mol.